The molecule has 1 rings (SSSR count). The SMILES string of the molecule is CC=CC(CC)CCC1CC1=CCC=CCC. The van der Waals surface area contributed by atoms with Gasteiger partial charge in [0.05, 0.1) is 0 Å². The molecule has 17 heavy (non-hydrogen) atoms. The maximum Gasteiger partial charge on any atom is -0.0165 e. The molecule has 0 aromatic heterocycles. The lowest BCUT2D eigenvalue weighted by atomic mass is 9.98. The van der Waals surface area contributed by atoms with E-state index in [1.165, 1.54) is 25.7 Å². The normalized spacial score (nSPS) is 23.9. The summed E-state index contributed by atoms with van der Waals surface area (Å²) in [6.07, 6.45) is 19.3. The highest BCUT2D eigenvalue weighted by atomic mass is 14.3. The first-order chi connectivity index (χ1) is 8.31. The maximum absolute atomic E-state index is 2.44. The van der Waals surface area contributed by atoms with E-state index in [1.54, 1.807) is 5.57 Å². The molecule has 0 nitrogen and oxygen atoms in total. The van der Waals surface area contributed by atoms with E-state index in [1.807, 2.05) is 0 Å². The molecule has 2 atom stereocenters. The molecule has 0 radical (unpaired) electrons. The van der Waals surface area contributed by atoms with Crippen LogP contribution in [-0.2, 0) is 0 Å². The number of allylic oxidation sites excluding steroid dienone is 6. The molecule has 1 fully saturated rings. The fourth-order valence-electron chi connectivity index (χ4n) is 2.37. The van der Waals surface area contributed by atoms with Gasteiger partial charge in [-0.2, -0.15) is 0 Å². The summed E-state index contributed by atoms with van der Waals surface area (Å²) in [6.45, 7) is 6.62. The van der Waals surface area contributed by atoms with Crippen LogP contribution in [0.5, 0.6) is 0 Å². The van der Waals surface area contributed by atoms with Crippen LogP contribution >= 0.6 is 0 Å². The van der Waals surface area contributed by atoms with E-state index in [0.717, 1.165) is 24.7 Å². The van der Waals surface area contributed by atoms with Gasteiger partial charge in [-0.15, -0.1) is 0 Å². The van der Waals surface area contributed by atoms with Crippen molar-refractivity contribution in [3.05, 3.63) is 36.0 Å². The van der Waals surface area contributed by atoms with Crippen molar-refractivity contribution in [1.82, 2.24) is 0 Å². The Morgan fingerprint density at radius 1 is 1.29 bits per heavy atom. The summed E-state index contributed by atoms with van der Waals surface area (Å²) in [5, 5.41) is 0. The zero-order chi connectivity index (χ0) is 12.5. The molecule has 0 aliphatic heterocycles. The van der Waals surface area contributed by atoms with Crippen LogP contribution in [0.3, 0.4) is 0 Å². The Labute approximate surface area is 108 Å². The molecule has 0 aromatic rings. The highest BCUT2D eigenvalue weighted by molar-refractivity contribution is 5.24. The molecule has 0 aromatic carbocycles. The van der Waals surface area contributed by atoms with Crippen LogP contribution in [-0.4, -0.2) is 0 Å². The Bertz CT molecular complexity index is 280. The average molecular weight is 232 g/mol. The molecule has 2 unspecified atom stereocenters. The van der Waals surface area contributed by atoms with Crippen LogP contribution < -0.4 is 0 Å². The van der Waals surface area contributed by atoms with Gasteiger partial charge in [-0.05, 0) is 57.3 Å². The number of hydrogen-bond donors (Lipinski definition) is 0. The lowest BCUT2D eigenvalue weighted by Gasteiger charge is -2.08. The zero-order valence-corrected chi connectivity index (χ0v) is 11.8. The first-order valence-electron chi connectivity index (χ1n) is 7.28. The maximum atomic E-state index is 2.44. The van der Waals surface area contributed by atoms with Gasteiger partial charge in [-0.25, -0.2) is 0 Å². The molecule has 1 saturated carbocycles. The first kappa shape index (κ1) is 14.3. The topological polar surface area (TPSA) is 0 Å². The van der Waals surface area contributed by atoms with Gasteiger partial charge >= 0.3 is 0 Å². The van der Waals surface area contributed by atoms with E-state index in [2.05, 4.69) is 51.2 Å². The molecule has 0 heterocycles. The Morgan fingerprint density at radius 2 is 2.12 bits per heavy atom. The molecule has 0 N–H and O–H groups in total. The lowest BCUT2D eigenvalue weighted by Crippen LogP contribution is -1.94. The summed E-state index contributed by atoms with van der Waals surface area (Å²) < 4.78 is 0. The minimum Gasteiger partial charge on any atom is -0.0914 e. The molecule has 0 amide bonds. The predicted octanol–water partition coefficient (Wildman–Crippen LogP) is 5.67. The standard InChI is InChI=1S/C17H28/c1-4-7-8-9-11-16-14-17(16)13-12-15(6-3)10-5-2/h5,7-8,10-11,15,17H,4,6,9,12-14H2,1-3H3. The third-order valence-corrected chi connectivity index (χ3v) is 3.64. The third kappa shape index (κ3) is 5.91. The summed E-state index contributed by atoms with van der Waals surface area (Å²) >= 11 is 0. The van der Waals surface area contributed by atoms with Crippen LogP contribution in [0.2, 0.25) is 0 Å². The summed E-state index contributed by atoms with van der Waals surface area (Å²) in [6, 6.07) is 0. The Hall–Kier alpha value is -0.780. The van der Waals surface area contributed by atoms with Crippen molar-refractivity contribution in [1.29, 1.82) is 0 Å². The van der Waals surface area contributed by atoms with Crippen molar-refractivity contribution in [2.24, 2.45) is 11.8 Å². The van der Waals surface area contributed by atoms with Crippen molar-refractivity contribution < 1.29 is 0 Å². The van der Waals surface area contributed by atoms with Crippen molar-refractivity contribution in [2.75, 3.05) is 0 Å². The first-order valence-corrected chi connectivity index (χ1v) is 7.28. The monoisotopic (exact) mass is 232 g/mol. The van der Waals surface area contributed by atoms with Gasteiger partial charge in [0, 0.05) is 0 Å². The van der Waals surface area contributed by atoms with Gasteiger partial charge in [0.1, 0.15) is 0 Å². The van der Waals surface area contributed by atoms with Crippen LogP contribution in [0.15, 0.2) is 36.0 Å². The smallest absolute Gasteiger partial charge is 0.0165 e. The summed E-state index contributed by atoms with van der Waals surface area (Å²) in [5.41, 5.74) is 1.71. The second-order valence-electron chi connectivity index (χ2n) is 5.07. The largest absolute Gasteiger partial charge is 0.0914 e. The van der Waals surface area contributed by atoms with Crippen LogP contribution in [0.25, 0.3) is 0 Å². The molecule has 1 aliphatic rings. The molecular weight excluding hydrogens is 204 g/mol. The minimum atomic E-state index is 0.807. The van der Waals surface area contributed by atoms with Crippen molar-refractivity contribution >= 4 is 0 Å². The van der Waals surface area contributed by atoms with Crippen molar-refractivity contribution in [2.45, 2.75) is 59.3 Å². The molecule has 0 saturated heterocycles. The molecule has 1 aliphatic carbocycles. The van der Waals surface area contributed by atoms with E-state index >= 15 is 0 Å². The highest BCUT2D eigenvalue weighted by Gasteiger charge is 2.28. The summed E-state index contributed by atoms with van der Waals surface area (Å²) in [7, 11) is 0. The summed E-state index contributed by atoms with van der Waals surface area (Å²) in [5.74, 6) is 1.73. The summed E-state index contributed by atoms with van der Waals surface area (Å²) in [4.78, 5) is 0. The second kappa shape index (κ2) is 8.33. The Kier molecular flexibility index (Phi) is 7.00. The predicted molar refractivity (Wildman–Crippen MR) is 78.1 cm³/mol. The Balaban J connectivity index is 2.17. The van der Waals surface area contributed by atoms with Crippen molar-refractivity contribution in [3.8, 4) is 0 Å². The van der Waals surface area contributed by atoms with E-state index < -0.39 is 0 Å². The number of rotatable bonds is 8. The van der Waals surface area contributed by atoms with E-state index in [9.17, 15) is 0 Å². The zero-order valence-electron chi connectivity index (χ0n) is 11.8. The Morgan fingerprint density at radius 3 is 2.76 bits per heavy atom. The third-order valence-electron chi connectivity index (χ3n) is 3.64. The fourth-order valence-corrected chi connectivity index (χ4v) is 2.37. The molecule has 0 bridgehead atoms. The molecule has 0 heteroatoms. The van der Waals surface area contributed by atoms with E-state index in [0.29, 0.717) is 0 Å². The van der Waals surface area contributed by atoms with Gasteiger partial charge in [-0.1, -0.05) is 49.8 Å². The van der Waals surface area contributed by atoms with Gasteiger partial charge < -0.3 is 0 Å². The van der Waals surface area contributed by atoms with E-state index in [4.69, 9.17) is 0 Å². The average Bonchev–Trinajstić information content (AvgIpc) is 3.09. The van der Waals surface area contributed by atoms with Gasteiger partial charge in [0.2, 0.25) is 0 Å². The molecular formula is C17H28. The number of hydrogen-bond acceptors (Lipinski definition) is 0. The molecule has 96 valence electrons. The van der Waals surface area contributed by atoms with Gasteiger partial charge in [0.15, 0.2) is 0 Å². The minimum absolute atomic E-state index is 0.807. The van der Waals surface area contributed by atoms with Gasteiger partial charge in [-0.3, -0.25) is 0 Å². The van der Waals surface area contributed by atoms with E-state index in [-0.39, 0.29) is 0 Å². The fraction of sp³-hybridized carbons (Fsp3) is 0.647. The van der Waals surface area contributed by atoms with Crippen LogP contribution in [0, 0.1) is 11.8 Å². The lowest BCUT2D eigenvalue weighted by molar-refractivity contribution is 0.526. The van der Waals surface area contributed by atoms with Gasteiger partial charge in [0.25, 0.3) is 0 Å². The molecule has 0 spiro atoms. The van der Waals surface area contributed by atoms with Crippen LogP contribution in [0.1, 0.15) is 59.3 Å². The quantitative estimate of drug-likeness (QED) is 0.473. The van der Waals surface area contributed by atoms with Crippen molar-refractivity contribution in [3.63, 3.8) is 0 Å². The van der Waals surface area contributed by atoms with Crippen LogP contribution in [0.4, 0.5) is 0 Å². The second-order valence-corrected chi connectivity index (χ2v) is 5.07. The highest BCUT2D eigenvalue weighted by Crippen LogP contribution is 2.42.